The second-order valence-corrected chi connectivity index (χ2v) is 17.6. The number of sulfonamides is 1. The maximum atomic E-state index is 13.9. The zero-order valence-corrected chi connectivity index (χ0v) is 33.4. The molecule has 2 aliphatic rings. The lowest BCUT2D eigenvalue weighted by Gasteiger charge is -2.27. The van der Waals surface area contributed by atoms with E-state index >= 15 is 0 Å². The van der Waals surface area contributed by atoms with Gasteiger partial charge in [-0.15, -0.1) is 11.3 Å². The van der Waals surface area contributed by atoms with E-state index in [9.17, 15) is 23.3 Å². The Morgan fingerprint density at radius 3 is 2.64 bits per heavy atom. The molecule has 1 atom stereocenters. The van der Waals surface area contributed by atoms with Gasteiger partial charge in [-0.2, -0.15) is 0 Å². The van der Waals surface area contributed by atoms with Crippen molar-refractivity contribution < 1.29 is 27.6 Å². The molecule has 3 aromatic heterocycles. The fourth-order valence-corrected chi connectivity index (χ4v) is 9.94. The molecule has 9 rings (SSSR count). The molecular formula is C44H40N6O7S2. The van der Waals surface area contributed by atoms with Crippen molar-refractivity contribution in [3.8, 4) is 21.9 Å². The van der Waals surface area contributed by atoms with Crippen molar-refractivity contribution in [2.24, 2.45) is 5.92 Å². The quantitative estimate of drug-likeness (QED) is 0.0797. The van der Waals surface area contributed by atoms with Crippen LogP contribution >= 0.6 is 11.3 Å². The molecule has 0 aliphatic carbocycles. The highest BCUT2D eigenvalue weighted by Crippen LogP contribution is 2.42. The smallest absolute Gasteiger partial charge is 0.293 e. The summed E-state index contributed by atoms with van der Waals surface area (Å²) in [5, 5.41) is 17.0. The van der Waals surface area contributed by atoms with Gasteiger partial charge in [0, 0.05) is 59.2 Å². The van der Waals surface area contributed by atoms with E-state index < -0.39 is 31.4 Å². The van der Waals surface area contributed by atoms with E-state index in [2.05, 4.69) is 73.4 Å². The zero-order chi connectivity index (χ0) is 40.5. The predicted molar refractivity (Wildman–Crippen MR) is 229 cm³/mol. The van der Waals surface area contributed by atoms with Gasteiger partial charge in [0.1, 0.15) is 22.8 Å². The minimum atomic E-state index is -4.56. The Hall–Kier alpha value is -6.29. The number of nitrogens with zero attached hydrogens (tertiary/aromatic N) is 3. The Balaban J connectivity index is 1.00. The fourth-order valence-electron chi connectivity index (χ4n) is 7.92. The molecule has 0 bridgehead atoms. The lowest BCUT2D eigenvalue weighted by atomic mass is 10.0. The molecule has 0 radical (unpaired) electrons. The van der Waals surface area contributed by atoms with Crippen LogP contribution in [-0.2, 0) is 14.8 Å². The largest absolute Gasteiger partial charge is 0.455 e. The standard InChI is InChI=1S/C44H40N6O7S2/c51-44(48-59(54,55)35-10-12-37(39(25-35)50(52)53)46-26-28-15-19-56-20-16-28)36-11-8-30(23-40(36)57-34-22-31-14-17-45-43(31)47-27-34)42-24-32-21-33(9-13-41(32)58-42)49-18-4-7-38(49)29-5-2-1-3-6-29/h1-3,5-6,8-14,17,21-25,27-28,38,46H,4,7,15-16,18-20,26H2,(H,45,47)(H,48,51)/t38-/m1/s1. The van der Waals surface area contributed by atoms with Gasteiger partial charge < -0.3 is 24.7 Å². The molecule has 0 saturated carbocycles. The number of amides is 1. The SMILES string of the molecule is O=C(NS(=O)(=O)c1ccc(NCC2CCOCC2)c([N+](=O)[O-])c1)c1ccc(-c2cc3cc(N4CCC[C@@H]4c4ccccc4)ccc3s2)cc1Oc1cnc2[nH]ccc2c1. The van der Waals surface area contributed by atoms with Crippen LogP contribution in [0, 0.1) is 16.0 Å². The number of nitro groups is 1. The molecule has 7 aromatic rings. The topological polar surface area (TPSA) is 169 Å². The Morgan fingerprint density at radius 1 is 0.966 bits per heavy atom. The minimum absolute atomic E-state index is 0.0554. The summed E-state index contributed by atoms with van der Waals surface area (Å²) in [4.78, 5) is 35.8. The van der Waals surface area contributed by atoms with Crippen LogP contribution in [0.3, 0.4) is 0 Å². The number of fused-ring (bicyclic) bond motifs is 2. The Bertz CT molecular complexity index is 2800. The third kappa shape index (κ3) is 8.09. The van der Waals surface area contributed by atoms with E-state index in [1.54, 1.807) is 35.7 Å². The molecule has 2 saturated heterocycles. The van der Waals surface area contributed by atoms with Gasteiger partial charge in [0.25, 0.3) is 21.6 Å². The van der Waals surface area contributed by atoms with Crippen molar-refractivity contribution in [2.75, 3.05) is 36.5 Å². The van der Waals surface area contributed by atoms with Gasteiger partial charge in [-0.25, -0.2) is 18.1 Å². The molecule has 15 heteroatoms. The number of ether oxygens (including phenoxy) is 2. The van der Waals surface area contributed by atoms with E-state index in [0.717, 1.165) is 69.9 Å². The van der Waals surface area contributed by atoms with Crippen molar-refractivity contribution >= 4 is 65.4 Å². The molecule has 59 heavy (non-hydrogen) atoms. The number of rotatable bonds is 12. The van der Waals surface area contributed by atoms with Crippen molar-refractivity contribution in [1.29, 1.82) is 0 Å². The summed E-state index contributed by atoms with van der Waals surface area (Å²) in [5.41, 5.74) is 3.60. The van der Waals surface area contributed by atoms with Gasteiger partial charge in [0.15, 0.2) is 0 Å². The van der Waals surface area contributed by atoms with Gasteiger partial charge in [-0.3, -0.25) is 14.9 Å². The van der Waals surface area contributed by atoms with Crippen molar-refractivity contribution in [2.45, 2.75) is 36.6 Å². The number of pyridine rings is 1. The second kappa shape index (κ2) is 16.2. The number of aromatic nitrogens is 2. The highest BCUT2D eigenvalue weighted by molar-refractivity contribution is 7.90. The van der Waals surface area contributed by atoms with Crippen LogP contribution in [-0.4, -0.2) is 55.5 Å². The summed E-state index contributed by atoms with van der Waals surface area (Å²) in [6.45, 7) is 2.71. The Kier molecular flexibility index (Phi) is 10.5. The van der Waals surface area contributed by atoms with Gasteiger partial charge in [-0.05, 0) is 109 Å². The summed E-state index contributed by atoms with van der Waals surface area (Å²) >= 11 is 1.60. The molecular weight excluding hydrogens is 789 g/mol. The van der Waals surface area contributed by atoms with Crippen LogP contribution < -0.4 is 19.7 Å². The number of benzene rings is 4. The summed E-state index contributed by atoms with van der Waals surface area (Å²) in [6.07, 6.45) is 7.12. The lowest BCUT2D eigenvalue weighted by molar-refractivity contribution is -0.384. The average molecular weight is 829 g/mol. The van der Waals surface area contributed by atoms with Gasteiger partial charge in [0.2, 0.25) is 0 Å². The average Bonchev–Trinajstić information content (AvgIpc) is 4.03. The third-order valence-corrected chi connectivity index (χ3v) is 13.5. The molecule has 2 fully saturated rings. The number of anilines is 2. The summed E-state index contributed by atoms with van der Waals surface area (Å²) in [6, 6.07) is 31.7. The highest BCUT2D eigenvalue weighted by atomic mass is 32.2. The minimum Gasteiger partial charge on any atom is -0.455 e. The first-order valence-corrected chi connectivity index (χ1v) is 21.8. The molecule has 5 heterocycles. The first-order valence-electron chi connectivity index (χ1n) is 19.5. The van der Waals surface area contributed by atoms with Crippen LogP contribution in [0.2, 0.25) is 0 Å². The van der Waals surface area contributed by atoms with Crippen LogP contribution in [0.5, 0.6) is 11.5 Å². The number of carbonyl (C=O) groups excluding carboxylic acids is 1. The monoisotopic (exact) mass is 828 g/mol. The van der Waals surface area contributed by atoms with E-state index in [4.69, 9.17) is 9.47 Å². The number of carbonyl (C=O) groups is 1. The maximum Gasteiger partial charge on any atom is 0.293 e. The molecule has 0 unspecified atom stereocenters. The van der Waals surface area contributed by atoms with Gasteiger partial charge in [0.05, 0.1) is 27.6 Å². The van der Waals surface area contributed by atoms with Gasteiger partial charge >= 0.3 is 0 Å². The highest BCUT2D eigenvalue weighted by Gasteiger charge is 2.28. The molecule has 0 spiro atoms. The molecule has 4 aromatic carbocycles. The van der Waals surface area contributed by atoms with Crippen LogP contribution in [0.1, 0.15) is 47.6 Å². The zero-order valence-electron chi connectivity index (χ0n) is 31.8. The number of nitrogens with one attached hydrogen (secondary N) is 3. The number of hydrogen-bond donors (Lipinski definition) is 3. The maximum absolute atomic E-state index is 13.9. The molecule has 1 amide bonds. The molecule has 13 nitrogen and oxygen atoms in total. The summed E-state index contributed by atoms with van der Waals surface area (Å²) in [5.74, 6) is -0.253. The normalized spacial score (nSPS) is 16.1. The lowest BCUT2D eigenvalue weighted by Crippen LogP contribution is -2.31. The van der Waals surface area contributed by atoms with E-state index in [1.165, 1.54) is 30.0 Å². The Morgan fingerprint density at radius 2 is 1.81 bits per heavy atom. The van der Waals surface area contributed by atoms with E-state index in [1.807, 2.05) is 12.1 Å². The van der Waals surface area contributed by atoms with E-state index in [0.29, 0.717) is 37.2 Å². The molecule has 3 N–H and O–H groups in total. The predicted octanol–water partition coefficient (Wildman–Crippen LogP) is 9.44. The van der Waals surface area contributed by atoms with Crippen molar-refractivity contribution in [3.63, 3.8) is 0 Å². The first-order chi connectivity index (χ1) is 28.7. The van der Waals surface area contributed by atoms with Crippen molar-refractivity contribution in [1.82, 2.24) is 14.7 Å². The number of aromatic amines is 1. The molecule has 300 valence electrons. The number of hydrogen-bond acceptors (Lipinski definition) is 11. The summed E-state index contributed by atoms with van der Waals surface area (Å²) < 4.78 is 42.2. The summed E-state index contributed by atoms with van der Waals surface area (Å²) in [7, 11) is -4.56. The Labute approximate surface area is 344 Å². The molecule has 2 aliphatic heterocycles. The van der Waals surface area contributed by atoms with Crippen LogP contribution in [0.15, 0.2) is 120 Å². The fraction of sp³-hybridized carbons (Fsp3) is 0.227. The second-order valence-electron chi connectivity index (χ2n) is 14.8. The van der Waals surface area contributed by atoms with Crippen LogP contribution in [0.4, 0.5) is 17.1 Å². The third-order valence-electron chi connectivity index (χ3n) is 11.0. The number of H-pyrrole nitrogens is 1. The first kappa shape index (κ1) is 38.2. The number of thiophene rings is 1. The number of nitro benzene ring substituents is 1. The van der Waals surface area contributed by atoms with Crippen LogP contribution in [0.25, 0.3) is 31.6 Å². The van der Waals surface area contributed by atoms with Crippen molar-refractivity contribution in [3.05, 3.63) is 137 Å². The van der Waals surface area contributed by atoms with E-state index in [-0.39, 0.29) is 22.9 Å². The van der Waals surface area contributed by atoms with Gasteiger partial charge in [-0.1, -0.05) is 36.4 Å².